The second-order valence-corrected chi connectivity index (χ2v) is 6.78. The van der Waals surface area contributed by atoms with Crippen LogP contribution in [0.15, 0.2) is 73.1 Å². The van der Waals surface area contributed by atoms with Crippen molar-refractivity contribution in [3.8, 4) is 17.1 Å². The number of benzene rings is 1. The summed E-state index contributed by atoms with van der Waals surface area (Å²) in [5, 5.41) is 4.74. The van der Waals surface area contributed by atoms with E-state index in [0.29, 0.717) is 31.9 Å². The third-order valence-corrected chi connectivity index (χ3v) is 5.08. The number of fused-ring (bicyclic) bond motifs is 1. The Morgan fingerprint density at radius 3 is 2.54 bits per heavy atom. The summed E-state index contributed by atoms with van der Waals surface area (Å²) in [6, 6.07) is 19.8. The Hall–Kier alpha value is -3.38. The zero-order valence-electron chi connectivity index (χ0n) is 15.4. The summed E-state index contributed by atoms with van der Waals surface area (Å²) in [6.45, 7) is 2.43. The van der Waals surface area contributed by atoms with E-state index in [4.69, 9.17) is 9.84 Å². The maximum Gasteiger partial charge on any atom is 0.256 e. The average Bonchev–Trinajstić information content (AvgIpc) is 3.40. The molecule has 1 aliphatic heterocycles. The molecule has 1 saturated heterocycles. The highest BCUT2D eigenvalue weighted by molar-refractivity contribution is 6.02. The summed E-state index contributed by atoms with van der Waals surface area (Å²) >= 11 is 0. The van der Waals surface area contributed by atoms with Gasteiger partial charge in [0.2, 0.25) is 0 Å². The highest BCUT2D eigenvalue weighted by Gasteiger charge is 2.23. The number of nitrogens with zero attached hydrogens (tertiary/aromatic N) is 4. The molecule has 140 valence electrons. The normalized spacial score (nSPS) is 14.5. The number of amides is 1. The molecule has 1 fully saturated rings. The topological polar surface area (TPSA) is 51.8 Å². The molecule has 0 radical (unpaired) electrons. The van der Waals surface area contributed by atoms with Crippen molar-refractivity contribution in [3.05, 3.63) is 78.6 Å². The average molecular weight is 372 g/mol. The van der Waals surface area contributed by atoms with Crippen LogP contribution < -0.4 is 0 Å². The number of aromatic nitrogens is 3. The van der Waals surface area contributed by atoms with Crippen molar-refractivity contribution < 1.29 is 9.53 Å². The first kappa shape index (κ1) is 16.8. The minimum atomic E-state index is 0.0424. The van der Waals surface area contributed by atoms with E-state index in [2.05, 4.69) is 0 Å². The zero-order valence-corrected chi connectivity index (χ0v) is 15.4. The van der Waals surface area contributed by atoms with Crippen molar-refractivity contribution in [2.24, 2.45) is 0 Å². The van der Waals surface area contributed by atoms with Crippen LogP contribution in [0.1, 0.15) is 10.4 Å². The molecular formula is C22H20N4O2. The minimum absolute atomic E-state index is 0.0424. The lowest BCUT2D eigenvalue weighted by Crippen LogP contribution is -2.40. The molecule has 0 N–H and O–H groups in total. The van der Waals surface area contributed by atoms with Gasteiger partial charge in [0.25, 0.3) is 5.91 Å². The maximum absolute atomic E-state index is 13.1. The molecule has 6 heteroatoms. The summed E-state index contributed by atoms with van der Waals surface area (Å²) in [4.78, 5) is 15.0. The largest absolute Gasteiger partial charge is 0.378 e. The van der Waals surface area contributed by atoms with Crippen LogP contribution in [0, 0.1) is 0 Å². The molecule has 0 spiro atoms. The van der Waals surface area contributed by atoms with Crippen LogP contribution in [0.5, 0.6) is 0 Å². The van der Waals surface area contributed by atoms with Gasteiger partial charge in [0.1, 0.15) is 5.69 Å². The van der Waals surface area contributed by atoms with Crippen molar-refractivity contribution in [1.29, 1.82) is 0 Å². The van der Waals surface area contributed by atoms with Crippen LogP contribution in [0.3, 0.4) is 0 Å². The van der Waals surface area contributed by atoms with Crippen LogP contribution in [-0.4, -0.2) is 51.3 Å². The quantitative estimate of drug-likeness (QED) is 0.555. The van der Waals surface area contributed by atoms with Crippen LogP contribution in [0.25, 0.3) is 22.6 Å². The van der Waals surface area contributed by atoms with E-state index >= 15 is 0 Å². The van der Waals surface area contributed by atoms with E-state index in [1.165, 1.54) is 0 Å². The van der Waals surface area contributed by atoms with E-state index in [0.717, 1.165) is 22.6 Å². The molecule has 1 aliphatic rings. The fourth-order valence-electron chi connectivity index (χ4n) is 3.64. The number of hydrogen-bond acceptors (Lipinski definition) is 3. The molecule has 1 aromatic carbocycles. The van der Waals surface area contributed by atoms with Gasteiger partial charge in [0, 0.05) is 25.5 Å². The Bertz CT molecular complexity index is 1120. The Labute approximate surface area is 162 Å². The first-order valence-corrected chi connectivity index (χ1v) is 9.40. The second-order valence-electron chi connectivity index (χ2n) is 6.78. The fourth-order valence-corrected chi connectivity index (χ4v) is 3.64. The van der Waals surface area contributed by atoms with E-state index in [1.807, 2.05) is 87.0 Å². The number of carbonyl (C=O) groups excluding carboxylic acids is 1. The van der Waals surface area contributed by atoms with Gasteiger partial charge in [-0.25, -0.2) is 4.68 Å². The van der Waals surface area contributed by atoms with Gasteiger partial charge in [-0.3, -0.25) is 4.79 Å². The van der Waals surface area contributed by atoms with Gasteiger partial charge in [0.05, 0.1) is 35.7 Å². The van der Waals surface area contributed by atoms with E-state index in [-0.39, 0.29) is 5.91 Å². The smallest absolute Gasteiger partial charge is 0.256 e. The fraction of sp³-hybridized carbons (Fsp3) is 0.182. The monoisotopic (exact) mass is 372 g/mol. The SMILES string of the molecule is O=C(c1cc(-c2ccn(-c3ccccc3)n2)n2ccccc12)N1CCOCC1. The van der Waals surface area contributed by atoms with Crippen molar-refractivity contribution in [1.82, 2.24) is 19.1 Å². The second kappa shape index (κ2) is 6.98. The van der Waals surface area contributed by atoms with Gasteiger partial charge in [-0.05, 0) is 36.4 Å². The summed E-state index contributed by atoms with van der Waals surface area (Å²) in [7, 11) is 0. The molecule has 0 saturated carbocycles. The molecule has 6 nitrogen and oxygen atoms in total. The summed E-state index contributed by atoms with van der Waals surface area (Å²) in [5.41, 5.74) is 4.32. The van der Waals surface area contributed by atoms with Crippen LogP contribution in [0.4, 0.5) is 0 Å². The molecule has 0 unspecified atom stereocenters. The van der Waals surface area contributed by atoms with Gasteiger partial charge in [0.15, 0.2) is 0 Å². The minimum Gasteiger partial charge on any atom is -0.378 e. The number of hydrogen-bond donors (Lipinski definition) is 0. The molecule has 28 heavy (non-hydrogen) atoms. The van der Waals surface area contributed by atoms with E-state index < -0.39 is 0 Å². The molecule has 1 amide bonds. The lowest BCUT2D eigenvalue weighted by molar-refractivity contribution is 0.0304. The van der Waals surface area contributed by atoms with E-state index in [1.54, 1.807) is 0 Å². The Morgan fingerprint density at radius 2 is 1.71 bits per heavy atom. The lowest BCUT2D eigenvalue weighted by atomic mass is 10.2. The first-order valence-electron chi connectivity index (χ1n) is 9.40. The predicted octanol–water partition coefficient (Wildman–Crippen LogP) is 3.26. The van der Waals surface area contributed by atoms with Gasteiger partial charge in [-0.2, -0.15) is 5.10 Å². The van der Waals surface area contributed by atoms with Crippen molar-refractivity contribution >= 4 is 11.4 Å². The Morgan fingerprint density at radius 1 is 0.929 bits per heavy atom. The predicted molar refractivity (Wildman–Crippen MR) is 107 cm³/mol. The molecule has 5 rings (SSSR count). The van der Waals surface area contributed by atoms with Crippen molar-refractivity contribution in [3.63, 3.8) is 0 Å². The summed E-state index contributed by atoms with van der Waals surface area (Å²) in [6.07, 6.45) is 3.92. The van der Waals surface area contributed by atoms with E-state index in [9.17, 15) is 4.79 Å². The molecule has 4 aromatic rings. The van der Waals surface area contributed by atoms with Crippen molar-refractivity contribution in [2.75, 3.05) is 26.3 Å². The third-order valence-electron chi connectivity index (χ3n) is 5.08. The van der Waals surface area contributed by atoms with Crippen molar-refractivity contribution in [2.45, 2.75) is 0 Å². The number of morpholine rings is 1. The molecule has 4 heterocycles. The molecule has 3 aromatic heterocycles. The van der Waals surface area contributed by atoms with Gasteiger partial charge < -0.3 is 14.0 Å². The number of rotatable bonds is 3. The van der Waals surface area contributed by atoms with Gasteiger partial charge >= 0.3 is 0 Å². The third kappa shape index (κ3) is 2.88. The standard InChI is InChI=1S/C22H20N4O2/c27-22(24-12-14-28-15-13-24)18-16-21(25-10-5-4-8-20(18)25)19-9-11-26(23-19)17-6-2-1-3-7-17/h1-11,16H,12-15H2. The number of pyridine rings is 1. The molecule has 0 aliphatic carbocycles. The summed E-state index contributed by atoms with van der Waals surface area (Å²) in [5.74, 6) is 0.0424. The lowest BCUT2D eigenvalue weighted by Gasteiger charge is -2.26. The van der Waals surface area contributed by atoms with Gasteiger partial charge in [-0.1, -0.05) is 24.3 Å². The zero-order chi connectivity index (χ0) is 18.9. The number of ether oxygens (including phenoxy) is 1. The highest BCUT2D eigenvalue weighted by Crippen LogP contribution is 2.27. The number of para-hydroxylation sites is 1. The molecule has 0 atom stereocenters. The highest BCUT2D eigenvalue weighted by atomic mass is 16.5. The van der Waals surface area contributed by atoms with Crippen LogP contribution in [0.2, 0.25) is 0 Å². The van der Waals surface area contributed by atoms with Gasteiger partial charge in [-0.15, -0.1) is 0 Å². The van der Waals surface area contributed by atoms with Crippen LogP contribution in [-0.2, 0) is 4.74 Å². The molecule has 0 bridgehead atoms. The van der Waals surface area contributed by atoms with Crippen LogP contribution >= 0.6 is 0 Å². The number of carbonyl (C=O) groups is 1. The Balaban J connectivity index is 1.57. The Kier molecular flexibility index (Phi) is 4.18. The summed E-state index contributed by atoms with van der Waals surface area (Å²) < 4.78 is 9.26. The first-order chi connectivity index (χ1) is 13.8. The molecular weight excluding hydrogens is 352 g/mol. The maximum atomic E-state index is 13.1.